The van der Waals surface area contributed by atoms with Gasteiger partial charge >= 0.3 is 0 Å². The predicted octanol–water partition coefficient (Wildman–Crippen LogP) is 1.40. The number of allylic oxidation sites excluding steroid dienone is 2. The molecule has 0 aromatic heterocycles. The zero-order valence-corrected chi connectivity index (χ0v) is 13.0. The number of ether oxygens (including phenoxy) is 2. The van der Waals surface area contributed by atoms with Crippen molar-refractivity contribution in [3.63, 3.8) is 0 Å². The van der Waals surface area contributed by atoms with Crippen molar-refractivity contribution < 1.29 is 24.8 Å². The van der Waals surface area contributed by atoms with Crippen molar-refractivity contribution >= 4 is 0 Å². The molecule has 0 spiro atoms. The number of hydrogen-bond donors (Lipinski definition) is 3. The average molecular weight is 302 g/mol. The maximum atomic E-state index is 9.94. The van der Waals surface area contributed by atoms with Crippen molar-refractivity contribution in [2.45, 2.75) is 69.9 Å². The molecule has 1 heterocycles. The fraction of sp³-hybridized carbons (Fsp3) is 0.875. The second kappa shape index (κ2) is 11.2. The maximum absolute atomic E-state index is 9.94. The van der Waals surface area contributed by atoms with Crippen LogP contribution in [-0.2, 0) is 9.47 Å². The first-order valence-corrected chi connectivity index (χ1v) is 8.05. The highest BCUT2D eigenvalue weighted by molar-refractivity contribution is 4.88. The van der Waals surface area contributed by atoms with Crippen LogP contribution in [0.1, 0.15) is 45.4 Å². The Morgan fingerprint density at radius 2 is 1.86 bits per heavy atom. The van der Waals surface area contributed by atoms with Crippen molar-refractivity contribution in [1.29, 1.82) is 0 Å². The highest BCUT2D eigenvalue weighted by Gasteiger charge is 2.38. The molecule has 1 saturated heterocycles. The Kier molecular flexibility index (Phi) is 9.87. The molecule has 1 aliphatic heterocycles. The van der Waals surface area contributed by atoms with Crippen molar-refractivity contribution in [3.05, 3.63) is 12.2 Å². The van der Waals surface area contributed by atoms with Crippen LogP contribution in [0.15, 0.2) is 12.2 Å². The van der Waals surface area contributed by atoms with Gasteiger partial charge in [0.2, 0.25) is 0 Å². The van der Waals surface area contributed by atoms with Gasteiger partial charge in [-0.15, -0.1) is 0 Å². The highest BCUT2D eigenvalue weighted by Crippen LogP contribution is 2.18. The van der Waals surface area contributed by atoms with E-state index < -0.39 is 24.4 Å². The van der Waals surface area contributed by atoms with Crippen molar-refractivity contribution in [1.82, 2.24) is 0 Å². The topological polar surface area (TPSA) is 79.2 Å². The van der Waals surface area contributed by atoms with Crippen molar-refractivity contribution in [2.75, 3.05) is 19.8 Å². The van der Waals surface area contributed by atoms with E-state index in [0.717, 1.165) is 19.3 Å². The Morgan fingerprint density at radius 1 is 1.14 bits per heavy atom. The molecule has 0 aromatic carbocycles. The second-order valence-electron chi connectivity index (χ2n) is 5.56. The molecule has 5 heteroatoms. The predicted molar refractivity (Wildman–Crippen MR) is 81.1 cm³/mol. The molecule has 0 radical (unpaired) electrons. The minimum Gasteiger partial charge on any atom is -0.394 e. The van der Waals surface area contributed by atoms with E-state index in [9.17, 15) is 10.2 Å². The van der Waals surface area contributed by atoms with E-state index in [4.69, 9.17) is 14.6 Å². The molecule has 3 N–H and O–H groups in total. The van der Waals surface area contributed by atoms with Gasteiger partial charge in [0, 0.05) is 6.61 Å². The Hall–Kier alpha value is -0.460. The van der Waals surface area contributed by atoms with Crippen molar-refractivity contribution in [3.8, 4) is 0 Å². The average Bonchev–Trinajstić information content (AvgIpc) is 2.48. The standard InChI is InChI=1S/C16H30O5/c1-2-3-4-5-6-7-8-9-10-20-16-13(18)12-21-14(11-17)15(16)19/h6-7,13-19H,2-5,8-12H2,1H3/b7-6+/t13-,14+,15+,16+/m0/s1. The van der Waals surface area contributed by atoms with Gasteiger partial charge in [0.15, 0.2) is 0 Å². The third-order valence-electron chi connectivity index (χ3n) is 3.72. The molecule has 0 aromatic rings. The molecular formula is C16H30O5. The van der Waals surface area contributed by atoms with Crippen LogP contribution in [-0.4, -0.2) is 59.6 Å². The monoisotopic (exact) mass is 302 g/mol. The van der Waals surface area contributed by atoms with E-state index in [1.165, 1.54) is 19.3 Å². The molecule has 1 aliphatic rings. The molecule has 1 rings (SSSR count). The van der Waals surface area contributed by atoms with Crippen molar-refractivity contribution in [2.24, 2.45) is 0 Å². The lowest BCUT2D eigenvalue weighted by Gasteiger charge is -2.37. The molecule has 4 atom stereocenters. The zero-order valence-electron chi connectivity index (χ0n) is 13.0. The van der Waals surface area contributed by atoms with Gasteiger partial charge in [-0.1, -0.05) is 31.9 Å². The Bertz CT molecular complexity index is 282. The molecular weight excluding hydrogens is 272 g/mol. The van der Waals surface area contributed by atoms with E-state index in [-0.39, 0.29) is 13.2 Å². The van der Waals surface area contributed by atoms with E-state index >= 15 is 0 Å². The number of unbranched alkanes of at least 4 members (excludes halogenated alkanes) is 4. The maximum Gasteiger partial charge on any atom is 0.114 e. The molecule has 21 heavy (non-hydrogen) atoms. The van der Waals surface area contributed by atoms with Crippen LogP contribution in [0.25, 0.3) is 0 Å². The fourth-order valence-electron chi connectivity index (χ4n) is 2.39. The number of aliphatic hydroxyl groups is 3. The van der Waals surface area contributed by atoms with Crippen LogP contribution >= 0.6 is 0 Å². The Balaban J connectivity index is 2.13. The van der Waals surface area contributed by atoms with Gasteiger partial charge in [0.25, 0.3) is 0 Å². The summed E-state index contributed by atoms with van der Waals surface area (Å²) in [7, 11) is 0. The smallest absolute Gasteiger partial charge is 0.114 e. The normalized spacial score (nSPS) is 30.1. The summed E-state index contributed by atoms with van der Waals surface area (Å²) in [6.07, 6.45) is 7.87. The summed E-state index contributed by atoms with van der Waals surface area (Å²) >= 11 is 0. The zero-order chi connectivity index (χ0) is 15.5. The quantitative estimate of drug-likeness (QED) is 0.420. The second-order valence-corrected chi connectivity index (χ2v) is 5.56. The van der Waals surface area contributed by atoms with Crippen LogP contribution in [0.4, 0.5) is 0 Å². The highest BCUT2D eigenvalue weighted by atomic mass is 16.6. The van der Waals surface area contributed by atoms with Gasteiger partial charge in [-0.3, -0.25) is 0 Å². The molecule has 0 aliphatic carbocycles. The minimum atomic E-state index is -0.983. The molecule has 124 valence electrons. The van der Waals surface area contributed by atoms with E-state index in [2.05, 4.69) is 19.1 Å². The lowest BCUT2D eigenvalue weighted by molar-refractivity contribution is -0.210. The lowest BCUT2D eigenvalue weighted by atomic mass is 10.0. The number of hydrogen-bond acceptors (Lipinski definition) is 5. The largest absolute Gasteiger partial charge is 0.394 e. The van der Waals surface area contributed by atoms with Gasteiger partial charge in [0.05, 0.1) is 13.2 Å². The van der Waals surface area contributed by atoms with E-state index in [1.807, 2.05) is 0 Å². The molecule has 1 fully saturated rings. The molecule has 0 amide bonds. The summed E-state index contributed by atoms with van der Waals surface area (Å²) in [5, 5.41) is 28.8. The van der Waals surface area contributed by atoms with Gasteiger partial charge in [0.1, 0.15) is 24.4 Å². The van der Waals surface area contributed by atoms with Gasteiger partial charge in [-0.25, -0.2) is 0 Å². The first kappa shape index (κ1) is 18.6. The molecule has 5 nitrogen and oxygen atoms in total. The SMILES string of the molecule is CCCCC/C=C/CCCO[C@H]1[C@H](O)[C@@H](CO)OC[C@@H]1O. The van der Waals surface area contributed by atoms with Gasteiger partial charge in [-0.05, 0) is 25.7 Å². The Morgan fingerprint density at radius 3 is 2.52 bits per heavy atom. The first-order chi connectivity index (χ1) is 10.2. The van der Waals surface area contributed by atoms with E-state index in [1.54, 1.807) is 0 Å². The van der Waals surface area contributed by atoms with Crippen LogP contribution in [0.5, 0.6) is 0 Å². The fourth-order valence-corrected chi connectivity index (χ4v) is 2.39. The Labute approximate surface area is 127 Å². The van der Waals surface area contributed by atoms with Crippen LogP contribution < -0.4 is 0 Å². The minimum absolute atomic E-state index is 0.0876. The summed E-state index contributed by atoms with van der Waals surface area (Å²) in [5.74, 6) is 0. The third kappa shape index (κ3) is 6.89. The molecule has 0 bridgehead atoms. The summed E-state index contributed by atoms with van der Waals surface area (Å²) in [4.78, 5) is 0. The molecule has 0 saturated carbocycles. The van der Waals surface area contributed by atoms with Crippen LogP contribution in [0.2, 0.25) is 0 Å². The summed E-state index contributed by atoms with van der Waals surface area (Å²) in [5.41, 5.74) is 0. The summed E-state index contributed by atoms with van der Waals surface area (Å²) in [6.45, 7) is 2.50. The first-order valence-electron chi connectivity index (χ1n) is 8.05. The van der Waals surface area contributed by atoms with E-state index in [0.29, 0.717) is 6.61 Å². The summed E-state index contributed by atoms with van der Waals surface area (Å²) in [6, 6.07) is 0. The molecule has 0 unspecified atom stereocenters. The number of rotatable bonds is 10. The number of aliphatic hydroxyl groups excluding tert-OH is 3. The lowest BCUT2D eigenvalue weighted by Crippen LogP contribution is -2.55. The third-order valence-corrected chi connectivity index (χ3v) is 3.72. The van der Waals surface area contributed by atoms with Gasteiger partial charge in [-0.2, -0.15) is 0 Å². The van der Waals surface area contributed by atoms with Gasteiger partial charge < -0.3 is 24.8 Å². The van der Waals surface area contributed by atoms with Crippen LogP contribution in [0.3, 0.4) is 0 Å². The van der Waals surface area contributed by atoms with Crippen LogP contribution in [0, 0.1) is 0 Å². The summed E-state index contributed by atoms with van der Waals surface area (Å²) < 4.78 is 10.7.